The Morgan fingerprint density at radius 2 is 2.14 bits per heavy atom. The van der Waals surface area contributed by atoms with Gasteiger partial charge in [0.1, 0.15) is 0 Å². The Balaban J connectivity index is 1.53. The summed E-state index contributed by atoms with van der Waals surface area (Å²) in [5.74, 6) is 0. The van der Waals surface area contributed by atoms with Gasteiger partial charge in [-0.25, -0.2) is 4.98 Å². The number of benzene rings is 1. The van der Waals surface area contributed by atoms with Gasteiger partial charge in [0.25, 0.3) is 0 Å². The highest BCUT2D eigenvalue weighted by molar-refractivity contribution is 6.42. The van der Waals surface area contributed by atoms with E-state index in [1.807, 2.05) is 36.9 Å². The van der Waals surface area contributed by atoms with Crippen LogP contribution in [0.15, 0.2) is 36.9 Å². The van der Waals surface area contributed by atoms with Gasteiger partial charge in [0, 0.05) is 38.6 Å². The summed E-state index contributed by atoms with van der Waals surface area (Å²) in [7, 11) is 0. The quantitative estimate of drug-likeness (QED) is 0.832. The van der Waals surface area contributed by atoms with Crippen molar-refractivity contribution < 1.29 is 4.74 Å². The zero-order valence-electron chi connectivity index (χ0n) is 12.3. The molecule has 3 rings (SSSR count). The highest BCUT2D eigenvalue weighted by atomic mass is 35.5. The van der Waals surface area contributed by atoms with Crippen molar-refractivity contribution in [2.75, 3.05) is 26.2 Å². The van der Waals surface area contributed by atoms with Gasteiger partial charge in [-0.3, -0.25) is 4.90 Å². The number of imidazole rings is 1. The van der Waals surface area contributed by atoms with Crippen LogP contribution in [-0.4, -0.2) is 40.7 Å². The molecule has 22 heavy (non-hydrogen) atoms. The fraction of sp³-hybridized carbons (Fsp3) is 0.438. The third-order valence-electron chi connectivity index (χ3n) is 3.92. The van der Waals surface area contributed by atoms with Crippen LogP contribution in [0.3, 0.4) is 0 Å². The van der Waals surface area contributed by atoms with Gasteiger partial charge in [-0.1, -0.05) is 29.3 Å². The molecule has 1 saturated heterocycles. The third kappa shape index (κ3) is 4.02. The normalized spacial score (nSPS) is 19.5. The molecule has 0 radical (unpaired) electrons. The van der Waals surface area contributed by atoms with Crippen LogP contribution in [0.1, 0.15) is 18.1 Å². The van der Waals surface area contributed by atoms with Crippen LogP contribution in [0, 0.1) is 0 Å². The standard InChI is InChI=1S/C16H19Cl2N3O/c17-14-3-2-13(10-15(14)18)16-11-20(8-9-22-16)5-1-6-21-7-4-19-12-21/h2-4,7,10,12,16H,1,5-6,8-9,11H2/t16-/m1/s1. The Hall–Kier alpha value is -1.07. The highest BCUT2D eigenvalue weighted by Crippen LogP contribution is 2.29. The van der Waals surface area contributed by atoms with Crippen LogP contribution in [0.4, 0.5) is 0 Å². The zero-order chi connectivity index (χ0) is 15.4. The lowest BCUT2D eigenvalue weighted by atomic mass is 10.1. The molecular weight excluding hydrogens is 321 g/mol. The molecule has 0 unspecified atom stereocenters. The van der Waals surface area contributed by atoms with E-state index in [9.17, 15) is 0 Å². The van der Waals surface area contributed by atoms with Gasteiger partial charge in [-0.05, 0) is 24.1 Å². The predicted octanol–water partition coefficient (Wildman–Crippen LogP) is 3.65. The maximum absolute atomic E-state index is 6.10. The number of nitrogens with zero attached hydrogens (tertiary/aromatic N) is 3. The van der Waals surface area contributed by atoms with Gasteiger partial charge in [0.15, 0.2) is 0 Å². The molecule has 1 aromatic heterocycles. The molecule has 1 aliphatic rings. The summed E-state index contributed by atoms with van der Waals surface area (Å²) < 4.78 is 7.99. The molecule has 4 nitrogen and oxygen atoms in total. The number of morpholine rings is 1. The molecule has 0 bridgehead atoms. The van der Waals surface area contributed by atoms with E-state index in [-0.39, 0.29) is 6.10 Å². The van der Waals surface area contributed by atoms with Crippen molar-refractivity contribution in [2.45, 2.75) is 19.1 Å². The van der Waals surface area contributed by atoms with E-state index in [1.165, 1.54) is 0 Å². The minimum Gasteiger partial charge on any atom is -0.371 e. The van der Waals surface area contributed by atoms with Crippen molar-refractivity contribution in [3.8, 4) is 0 Å². The maximum Gasteiger partial charge on any atom is 0.0952 e. The molecular formula is C16H19Cl2N3O. The molecule has 1 aromatic carbocycles. The number of halogens is 2. The lowest BCUT2D eigenvalue weighted by molar-refractivity contribution is -0.0304. The van der Waals surface area contributed by atoms with E-state index in [0.717, 1.165) is 44.8 Å². The second-order valence-electron chi connectivity index (χ2n) is 5.49. The molecule has 0 saturated carbocycles. The van der Waals surface area contributed by atoms with Crippen molar-refractivity contribution in [3.05, 3.63) is 52.5 Å². The number of hydrogen-bond donors (Lipinski definition) is 0. The predicted molar refractivity (Wildman–Crippen MR) is 88.4 cm³/mol. The zero-order valence-corrected chi connectivity index (χ0v) is 13.8. The Labute approximate surface area is 140 Å². The number of aromatic nitrogens is 2. The van der Waals surface area contributed by atoms with Crippen molar-refractivity contribution in [1.82, 2.24) is 14.5 Å². The second-order valence-corrected chi connectivity index (χ2v) is 6.30. The monoisotopic (exact) mass is 339 g/mol. The first-order valence-electron chi connectivity index (χ1n) is 7.47. The summed E-state index contributed by atoms with van der Waals surface area (Å²) in [6, 6.07) is 5.73. The van der Waals surface area contributed by atoms with Gasteiger partial charge in [-0.15, -0.1) is 0 Å². The molecule has 1 atom stereocenters. The van der Waals surface area contributed by atoms with E-state index in [2.05, 4.69) is 14.5 Å². The average molecular weight is 340 g/mol. The lowest BCUT2D eigenvalue weighted by Gasteiger charge is -2.33. The van der Waals surface area contributed by atoms with Crippen molar-refractivity contribution in [2.24, 2.45) is 0 Å². The summed E-state index contributed by atoms with van der Waals surface area (Å²) in [5.41, 5.74) is 1.09. The van der Waals surface area contributed by atoms with E-state index >= 15 is 0 Å². The van der Waals surface area contributed by atoms with Crippen LogP contribution >= 0.6 is 23.2 Å². The summed E-state index contributed by atoms with van der Waals surface area (Å²) in [6.45, 7) is 4.66. The van der Waals surface area contributed by atoms with Gasteiger partial charge in [0.2, 0.25) is 0 Å². The largest absolute Gasteiger partial charge is 0.371 e. The van der Waals surface area contributed by atoms with E-state index in [0.29, 0.717) is 10.0 Å². The third-order valence-corrected chi connectivity index (χ3v) is 4.65. The fourth-order valence-electron chi connectivity index (χ4n) is 2.72. The molecule has 0 N–H and O–H groups in total. The van der Waals surface area contributed by atoms with Crippen LogP contribution in [-0.2, 0) is 11.3 Å². The van der Waals surface area contributed by atoms with Crippen molar-refractivity contribution in [3.63, 3.8) is 0 Å². The van der Waals surface area contributed by atoms with E-state index in [4.69, 9.17) is 27.9 Å². The fourth-order valence-corrected chi connectivity index (χ4v) is 3.02. The second kappa shape index (κ2) is 7.47. The summed E-state index contributed by atoms with van der Waals surface area (Å²) in [5, 5.41) is 1.17. The van der Waals surface area contributed by atoms with Crippen LogP contribution in [0.2, 0.25) is 10.0 Å². The van der Waals surface area contributed by atoms with Crippen molar-refractivity contribution in [1.29, 1.82) is 0 Å². The van der Waals surface area contributed by atoms with Crippen LogP contribution in [0.25, 0.3) is 0 Å². The molecule has 118 valence electrons. The number of rotatable bonds is 5. The molecule has 6 heteroatoms. The van der Waals surface area contributed by atoms with Gasteiger partial charge < -0.3 is 9.30 Å². The van der Waals surface area contributed by atoms with E-state index in [1.54, 1.807) is 0 Å². The average Bonchev–Trinajstić information content (AvgIpc) is 3.04. The Kier molecular flexibility index (Phi) is 5.37. The number of aryl methyl sites for hydroxylation is 1. The molecule has 1 fully saturated rings. The number of hydrogen-bond acceptors (Lipinski definition) is 3. The number of ether oxygens (including phenoxy) is 1. The molecule has 2 aromatic rings. The first-order valence-corrected chi connectivity index (χ1v) is 8.22. The molecule has 0 spiro atoms. The first-order chi connectivity index (χ1) is 10.7. The summed E-state index contributed by atoms with van der Waals surface area (Å²) >= 11 is 12.1. The maximum atomic E-state index is 6.10. The Morgan fingerprint density at radius 3 is 2.91 bits per heavy atom. The molecule has 1 aliphatic heterocycles. The van der Waals surface area contributed by atoms with Crippen molar-refractivity contribution >= 4 is 23.2 Å². The van der Waals surface area contributed by atoms with Crippen LogP contribution < -0.4 is 0 Å². The molecule has 0 aliphatic carbocycles. The molecule has 2 heterocycles. The summed E-state index contributed by atoms with van der Waals surface area (Å²) in [6.07, 6.45) is 6.84. The Morgan fingerprint density at radius 1 is 1.23 bits per heavy atom. The Bertz CT molecular complexity index is 603. The molecule has 0 amide bonds. The first kappa shape index (κ1) is 15.8. The van der Waals surface area contributed by atoms with Gasteiger partial charge in [0.05, 0.1) is 29.1 Å². The van der Waals surface area contributed by atoms with E-state index < -0.39 is 0 Å². The van der Waals surface area contributed by atoms with Gasteiger partial charge >= 0.3 is 0 Å². The van der Waals surface area contributed by atoms with Gasteiger partial charge in [-0.2, -0.15) is 0 Å². The topological polar surface area (TPSA) is 30.3 Å². The minimum absolute atomic E-state index is 0.0664. The summed E-state index contributed by atoms with van der Waals surface area (Å²) in [4.78, 5) is 6.50. The minimum atomic E-state index is 0.0664. The van der Waals surface area contributed by atoms with Crippen LogP contribution in [0.5, 0.6) is 0 Å². The lowest BCUT2D eigenvalue weighted by Crippen LogP contribution is -2.39. The highest BCUT2D eigenvalue weighted by Gasteiger charge is 2.22. The SMILES string of the molecule is Clc1ccc([C@H]2CN(CCCn3ccnc3)CCO2)cc1Cl. The smallest absolute Gasteiger partial charge is 0.0952 e.